The summed E-state index contributed by atoms with van der Waals surface area (Å²) in [7, 11) is -2.06. The van der Waals surface area contributed by atoms with Crippen molar-refractivity contribution in [1.82, 2.24) is 4.57 Å². The summed E-state index contributed by atoms with van der Waals surface area (Å²) in [4.78, 5) is 0. The number of hydrogen-bond donors (Lipinski definition) is 0. The van der Waals surface area contributed by atoms with E-state index in [0.29, 0.717) is 6.54 Å². The van der Waals surface area contributed by atoms with Crippen molar-refractivity contribution in [2.24, 2.45) is 0 Å². The van der Waals surface area contributed by atoms with Crippen LogP contribution in [0.2, 0.25) is 0 Å². The third kappa shape index (κ3) is 2.50. The van der Waals surface area contributed by atoms with E-state index in [-0.39, 0.29) is 0 Å². The Kier molecular flexibility index (Phi) is 3.04. The van der Waals surface area contributed by atoms with Gasteiger partial charge in [0.1, 0.15) is 18.9 Å². The Morgan fingerprint density at radius 1 is 1.58 bits per heavy atom. The summed E-state index contributed by atoms with van der Waals surface area (Å²) in [6.07, 6.45) is 5.61. The minimum absolute atomic E-state index is 0.406. The normalized spacial score (nSPS) is 9.75. The number of imidazole rings is 1. The van der Waals surface area contributed by atoms with E-state index in [9.17, 15) is 8.42 Å². The SMILES string of the molecule is CCn1cc[n+](CC=S(=O)=O)c1. The van der Waals surface area contributed by atoms with Crippen molar-refractivity contribution in [3.05, 3.63) is 18.7 Å². The maximum atomic E-state index is 10.2. The van der Waals surface area contributed by atoms with Gasteiger partial charge >= 0.3 is 0 Å². The molecule has 5 heteroatoms. The Morgan fingerprint density at radius 3 is 2.83 bits per heavy atom. The number of aryl methyl sites for hydroxylation is 1. The Bertz CT molecular complexity index is 370. The summed E-state index contributed by atoms with van der Waals surface area (Å²) in [5.41, 5.74) is 0. The lowest BCUT2D eigenvalue weighted by atomic mass is 10.7. The van der Waals surface area contributed by atoms with Crippen LogP contribution in [0.1, 0.15) is 6.92 Å². The van der Waals surface area contributed by atoms with Crippen LogP contribution in [0.25, 0.3) is 0 Å². The van der Waals surface area contributed by atoms with Gasteiger partial charge in [0, 0.05) is 0 Å². The highest BCUT2D eigenvalue weighted by Gasteiger charge is 1.98. The molecule has 0 atom stereocenters. The van der Waals surface area contributed by atoms with E-state index < -0.39 is 10.3 Å². The number of aromatic nitrogens is 2. The summed E-state index contributed by atoms with van der Waals surface area (Å²) in [5.74, 6) is 0. The first-order chi connectivity index (χ1) is 5.72. The number of rotatable bonds is 3. The molecule has 12 heavy (non-hydrogen) atoms. The van der Waals surface area contributed by atoms with E-state index >= 15 is 0 Å². The van der Waals surface area contributed by atoms with Gasteiger partial charge in [-0.05, 0) is 6.92 Å². The molecule has 0 saturated heterocycles. The van der Waals surface area contributed by atoms with Gasteiger partial charge in [-0.3, -0.25) is 0 Å². The highest BCUT2D eigenvalue weighted by Crippen LogP contribution is 1.81. The second-order valence-electron chi connectivity index (χ2n) is 2.37. The maximum absolute atomic E-state index is 10.2. The van der Waals surface area contributed by atoms with Crippen LogP contribution in [-0.4, -0.2) is 18.4 Å². The Morgan fingerprint density at radius 2 is 2.33 bits per heavy atom. The van der Waals surface area contributed by atoms with Crippen molar-refractivity contribution in [1.29, 1.82) is 0 Å². The van der Waals surface area contributed by atoms with Gasteiger partial charge in [-0.25, -0.2) is 9.13 Å². The second kappa shape index (κ2) is 4.06. The number of hydrogen-bond acceptors (Lipinski definition) is 2. The summed E-state index contributed by atoms with van der Waals surface area (Å²) in [6.45, 7) is 3.33. The molecule has 0 spiro atoms. The quantitative estimate of drug-likeness (QED) is 0.472. The summed E-state index contributed by atoms with van der Waals surface area (Å²) in [5, 5.41) is 1.22. The molecule has 1 rings (SSSR count). The van der Waals surface area contributed by atoms with E-state index in [2.05, 4.69) is 0 Å². The molecular weight excluding hydrogens is 176 g/mol. The van der Waals surface area contributed by atoms with Gasteiger partial charge in [0.15, 0.2) is 0 Å². The zero-order chi connectivity index (χ0) is 8.97. The molecule has 0 aliphatic rings. The first kappa shape index (κ1) is 8.99. The molecular formula is C7H11N2O2S+. The van der Waals surface area contributed by atoms with Gasteiger partial charge in [-0.15, -0.1) is 0 Å². The van der Waals surface area contributed by atoms with Gasteiger partial charge in [0.2, 0.25) is 16.6 Å². The molecule has 1 aromatic rings. The monoisotopic (exact) mass is 187 g/mol. The molecule has 0 fully saturated rings. The zero-order valence-corrected chi connectivity index (χ0v) is 7.66. The molecule has 0 aromatic carbocycles. The van der Waals surface area contributed by atoms with Gasteiger partial charge in [-0.2, -0.15) is 8.42 Å². The van der Waals surface area contributed by atoms with Crippen molar-refractivity contribution in [3.63, 3.8) is 0 Å². The Labute approximate surface area is 72.6 Å². The molecule has 0 aliphatic carbocycles. The van der Waals surface area contributed by atoms with Crippen LogP contribution < -0.4 is 4.57 Å². The van der Waals surface area contributed by atoms with Crippen molar-refractivity contribution in [2.75, 3.05) is 0 Å². The third-order valence-corrected chi connectivity index (χ3v) is 1.95. The first-order valence-electron chi connectivity index (χ1n) is 3.68. The van der Waals surface area contributed by atoms with Crippen LogP contribution in [-0.2, 0) is 23.4 Å². The highest BCUT2D eigenvalue weighted by molar-refractivity contribution is 7.71. The van der Waals surface area contributed by atoms with Gasteiger partial charge < -0.3 is 0 Å². The summed E-state index contributed by atoms with van der Waals surface area (Å²) >= 11 is 0. The summed E-state index contributed by atoms with van der Waals surface area (Å²) < 4.78 is 24.1. The third-order valence-electron chi connectivity index (χ3n) is 1.53. The van der Waals surface area contributed by atoms with Crippen LogP contribution in [0, 0.1) is 0 Å². The van der Waals surface area contributed by atoms with E-state index in [0.717, 1.165) is 6.54 Å². The topological polar surface area (TPSA) is 43.0 Å². The molecule has 0 saturated carbocycles. The van der Waals surface area contributed by atoms with E-state index in [1.165, 1.54) is 5.37 Å². The average Bonchev–Trinajstić information content (AvgIpc) is 2.48. The minimum atomic E-state index is -2.06. The van der Waals surface area contributed by atoms with Crippen LogP contribution in [0.15, 0.2) is 18.7 Å². The van der Waals surface area contributed by atoms with E-state index in [4.69, 9.17) is 0 Å². The molecule has 0 N–H and O–H groups in total. The molecule has 4 nitrogen and oxygen atoms in total. The molecule has 0 aliphatic heterocycles. The highest BCUT2D eigenvalue weighted by atomic mass is 32.2. The Hall–Kier alpha value is -1.10. The predicted octanol–water partition coefficient (Wildman–Crippen LogP) is -0.523. The van der Waals surface area contributed by atoms with Gasteiger partial charge in [-0.1, -0.05) is 0 Å². The molecule has 0 bridgehead atoms. The molecule has 0 unspecified atom stereocenters. The summed E-state index contributed by atoms with van der Waals surface area (Å²) in [6, 6.07) is 0. The van der Waals surface area contributed by atoms with Crippen molar-refractivity contribution >= 4 is 15.7 Å². The van der Waals surface area contributed by atoms with Crippen LogP contribution >= 0.6 is 0 Å². The van der Waals surface area contributed by atoms with Crippen molar-refractivity contribution in [3.8, 4) is 0 Å². The van der Waals surface area contributed by atoms with E-state index in [1.807, 2.05) is 30.2 Å². The first-order valence-corrected chi connectivity index (χ1v) is 4.82. The Balaban J connectivity index is 2.71. The van der Waals surface area contributed by atoms with Crippen molar-refractivity contribution in [2.45, 2.75) is 20.0 Å². The maximum Gasteiger partial charge on any atom is 0.244 e. The molecule has 1 aromatic heterocycles. The lowest BCUT2D eigenvalue weighted by Gasteiger charge is -1.85. The van der Waals surface area contributed by atoms with Crippen LogP contribution in [0.5, 0.6) is 0 Å². The van der Waals surface area contributed by atoms with E-state index in [1.54, 1.807) is 4.57 Å². The van der Waals surface area contributed by atoms with Gasteiger partial charge in [0.25, 0.3) is 0 Å². The fourth-order valence-electron chi connectivity index (χ4n) is 0.881. The fourth-order valence-corrected chi connectivity index (χ4v) is 1.17. The number of nitrogens with zero attached hydrogens (tertiary/aromatic N) is 2. The van der Waals surface area contributed by atoms with Crippen LogP contribution in [0.3, 0.4) is 0 Å². The average molecular weight is 187 g/mol. The standard InChI is InChI=1S/C7H11N2O2S/c1-2-8-3-4-9(7-8)5-6-12(10)11/h3-4,6-7H,2,5H2,1H3/q+1. The lowest BCUT2D eigenvalue weighted by molar-refractivity contribution is -0.680. The van der Waals surface area contributed by atoms with Crippen LogP contribution in [0.4, 0.5) is 0 Å². The fraction of sp³-hybridized carbons (Fsp3) is 0.429. The van der Waals surface area contributed by atoms with Crippen molar-refractivity contribution < 1.29 is 13.0 Å². The molecule has 1 heterocycles. The molecule has 0 radical (unpaired) electrons. The molecule has 0 amide bonds. The zero-order valence-electron chi connectivity index (χ0n) is 6.84. The smallest absolute Gasteiger partial charge is 0.237 e. The lowest BCUT2D eigenvalue weighted by Crippen LogP contribution is -2.31. The predicted molar refractivity (Wildman–Crippen MR) is 45.3 cm³/mol. The van der Waals surface area contributed by atoms with Gasteiger partial charge in [0.05, 0.1) is 11.9 Å². The minimum Gasteiger partial charge on any atom is -0.237 e. The largest absolute Gasteiger partial charge is 0.244 e. The second-order valence-corrected chi connectivity index (χ2v) is 3.22. The molecule has 66 valence electrons.